The summed E-state index contributed by atoms with van der Waals surface area (Å²) >= 11 is 0. The summed E-state index contributed by atoms with van der Waals surface area (Å²) in [5.41, 5.74) is 1.71. The predicted molar refractivity (Wildman–Crippen MR) is 82.2 cm³/mol. The molecule has 1 aromatic rings. The van der Waals surface area contributed by atoms with Gasteiger partial charge in [0.2, 0.25) is 0 Å². The van der Waals surface area contributed by atoms with Gasteiger partial charge in [0.1, 0.15) is 5.75 Å². The first-order chi connectivity index (χ1) is 9.67. The van der Waals surface area contributed by atoms with Crippen molar-refractivity contribution < 1.29 is 9.47 Å². The van der Waals surface area contributed by atoms with Crippen molar-refractivity contribution >= 4 is 0 Å². The number of rotatable bonds is 6. The summed E-state index contributed by atoms with van der Waals surface area (Å²) in [5, 5.41) is 3.74. The van der Waals surface area contributed by atoms with E-state index in [0.29, 0.717) is 11.5 Å². The predicted octanol–water partition coefficient (Wildman–Crippen LogP) is 3.55. The lowest BCUT2D eigenvalue weighted by atomic mass is 9.82. The van der Waals surface area contributed by atoms with Gasteiger partial charge < -0.3 is 14.8 Å². The molecular weight excluding hydrogens is 250 g/mol. The third kappa shape index (κ3) is 3.97. The monoisotopic (exact) mass is 277 g/mol. The van der Waals surface area contributed by atoms with Crippen molar-refractivity contribution in [3.05, 3.63) is 29.8 Å². The molecule has 112 valence electrons. The first-order valence-electron chi connectivity index (χ1n) is 7.62. The molecule has 0 amide bonds. The van der Waals surface area contributed by atoms with Gasteiger partial charge in [0.25, 0.3) is 0 Å². The number of benzene rings is 1. The first-order valence-corrected chi connectivity index (χ1v) is 7.62. The fourth-order valence-corrected chi connectivity index (χ4v) is 2.74. The van der Waals surface area contributed by atoms with Crippen molar-refractivity contribution in [2.45, 2.75) is 39.2 Å². The fourth-order valence-electron chi connectivity index (χ4n) is 2.74. The van der Waals surface area contributed by atoms with Crippen LogP contribution in [0.5, 0.6) is 5.75 Å². The van der Waals surface area contributed by atoms with Crippen LogP contribution in [0.15, 0.2) is 24.3 Å². The Morgan fingerprint density at radius 1 is 1.25 bits per heavy atom. The van der Waals surface area contributed by atoms with Crippen molar-refractivity contribution in [2.24, 2.45) is 5.41 Å². The second kappa shape index (κ2) is 7.09. The average Bonchev–Trinajstić information content (AvgIpc) is 2.49. The zero-order valence-electron chi connectivity index (χ0n) is 12.9. The number of hydrogen-bond donors (Lipinski definition) is 1. The van der Waals surface area contributed by atoms with Crippen LogP contribution < -0.4 is 10.1 Å². The van der Waals surface area contributed by atoms with Crippen LogP contribution in [0.3, 0.4) is 0 Å². The maximum Gasteiger partial charge on any atom is 0.118 e. The molecule has 0 bridgehead atoms. The molecule has 1 N–H and O–H groups in total. The first kappa shape index (κ1) is 15.3. The van der Waals surface area contributed by atoms with Gasteiger partial charge in [-0.05, 0) is 42.4 Å². The van der Waals surface area contributed by atoms with E-state index in [1.807, 2.05) is 12.1 Å². The van der Waals surface area contributed by atoms with Crippen LogP contribution in [0.25, 0.3) is 0 Å². The number of nitrogens with one attached hydrogen (secondary N) is 1. The van der Waals surface area contributed by atoms with Crippen LogP contribution >= 0.6 is 0 Å². The zero-order chi connectivity index (χ0) is 14.4. The van der Waals surface area contributed by atoms with E-state index in [1.165, 1.54) is 5.56 Å². The van der Waals surface area contributed by atoms with Crippen LogP contribution in [-0.4, -0.2) is 26.9 Å². The Bertz CT molecular complexity index is 396. The molecule has 0 spiro atoms. The van der Waals surface area contributed by atoms with Crippen LogP contribution in [0.1, 0.15) is 44.7 Å². The van der Waals surface area contributed by atoms with Gasteiger partial charge in [-0.15, -0.1) is 0 Å². The molecule has 1 aliphatic rings. The summed E-state index contributed by atoms with van der Waals surface area (Å²) in [6.45, 7) is 7.45. The second-order valence-corrected chi connectivity index (χ2v) is 6.04. The Morgan fingerprint density at radius 2 is 1.90 bits per heavy atom. The third-order valence-corrected chi connectivity index (χ3v) is 4.40. The molecule has 1 atom stereocenters. The minimum Gasteiger partial charge on any atom is -0.497 e. The molecule has 2 rings (SSSR count). The fraction of sp³-hybridized carbons (Fsp3) is 0.647. The molecule has 1 heterocycles. The summed E-state index contributed by atoms with van der Waals surface area (Å²) in [6, 6.07) is 8.81. The molecule has 0 aromatic heterocycles. The Morgan fingerprint density at radius 3 is 2.45 bits per heavy atom. The molecule has 3 heteroatoms. The Hall–Kier alpha value is -1.06. The molecule has 3 nitrogen and oxygen atoms in total. The highest BCUT2D eigenvalue weighted by Gasteiger charge is 2.27. The van der Waals surface area contributed by atoms with E-state index in [4.69, 9.17) is 9.47 Å². The zero-order valence-corrected chi connectivity index (χ0v) is 12.9. The molecule has 1 aliphatic heterocycles. The van der Waals surface area contributed by atoms with Gasteiger partial charge in [-0.1, -0.05) is 26.0 Å². The third-order valence-electron chi connectivity index (χ3n) is 4.40. The van der Waals surface area contributed by atoms with Gasteiger partial charge in [-0.2, -0.15) is 0 Å². The maximum atomic E-state index is 5.47. The molecule has 0 saturated carbocycles. The second-order valence-electron chi connectivity index (χ2n) is 6.04. The van der Waals surface area contributed by atoms with Crippen molar-refractivity contribution in [1.82, 2.24) is 5.32 Å². The van der Waals surface area contributed by atoms with Gasteiger partial charge in [0, 0.05) is 25.8 Å². The highest BCUT2D eigenvalue weighted by Crippen LogP contribution is 2.30. The largest absolute Gasteiger partial charge is 0.497 e. The van der Waals surface area contributed by atoms with Gasteiger partial charge in [0.15, 0.2) is 0 Å². The van der Waals surface area contributed by atoms with Crippen molar-refractivity contribution in [2.75, 3.05) is 26.9 Å². The van der Waals surface area contributed by atoms with Gasteiger partial charge in [0.05, 0.1) is 7.11 Å². The number of ether oxygens (including phenoxy) is 2. The summed E-state index contributed by atoms with van der Waals surface area (Å²) < 4.78 is 10.7. The normalized spacial score (nSPS) is 19.6. The number of methoxy groups -OCH3 is 1. The van der Waals surface area contributed by atoms with Gasteiger partial charge in [-0.25, -0.2) is 0 Å². The minimum atomic E-state index is 0.373. The standard InChI is InChI=1S/C17H27NO2/c1-4-16(14-5-7-15(19-3)8-6-14)18-13-17(2)9-11-20-12-10-17/h5-8,16,18H,4,9-13H2,1-3H3. The highest BCUT2D eigenvalue weighted by molar-refractivity contribution is 5.29. The van der Waals surface area contributed by atoms with E-state index in [1.54, 1.807) is 7.11 Å². The Kier molecular flexibility index (Phi) is 5.44. The summed E-state index contributed by atoms with van der Waals surface area (Å²) in [4.78, 5) is 0. The number of hydrogen-bond acceptors (Lipinski definition) is 3. The van der Waals surface area contributed by atoms with E-state index in [-0.39, 0.29) is 0 Å². The molecule has 1 fully saturated rings. The Labute approximate surface area is 122 Å². The molecule has 1 saturated heterocycles. The molecule has 20 heavy (non-hydrogen) atoms. The van der Waals surface area contributed by atoms with Gasteiger partial charge >= 0.3 is 0 Å². The smallest absolute Gasteiger partial charge is 0.118 e. The van der Waals surface area contributed by atoms with Crippen molar-refractivity contribution in [3.63, 3.8) is 0 Å². The van der Waals surface area contributed by atoms with Crippen LogP contribution in [0, 0.1) is 5.41 Å². The quantitative estimate of drug-likeness (QED) is 0.862. The van der Waals surface area contributed by atoms with E-state index >= 15 is 0 Å². The lowest BCUT2D eigenvalue weighted by Gasteiger charge is -2.35. The summed E-state index contributed by atoms with van der Waals surface area (Å²) in [7, 11) is 1.70. The molecule has 1 aromatic carbocycles. The average molecular weight is 277 g/mol. The minimum absolute atomic E-state index is 0.373. The van der Waals surface area contributed by atoms with Gasteiger partial charge in [-0.3, -0.25) is 0 Å². The van der Waals surface area contributed by atoms with Crippen molar-refractivity contribution in [3.8, 4) is 5.75 Å². The van der Waals surface area contributed by atoms with E-state index in [2.05, 4.69) is 31.3 Å². The molecule has 0 aliphatic carbocycles. The maximum absolute atomic E-state index is 5.47. The Balaban J connectivity index is 1.94. The SMILES string of the molecule is CCC(NCC1(C)CCOCC1)c1ccc(OC)cc1. The van der Waals surface area contributed by atoms with E-state index in [9.17, 15) is 0 Å². The van der Waals surface area contributed by atoms with Crippen LogP contribution in [-0.2, 0) is 4.74 Å². The van der Waals surface area contributed by atoms with E-state index < -0.39 is 0 Å². The van der Waals surface area contributed by atoms with Crippen molar-refractivity contribution in [1.29, 1.82) is 0 Å². The summed E-state index contributed by atoms with van der Waals surface area (Å²) in [5.74, 6) is 0.917. The van der Waals surface area contributed by atoms with Crippen LogP contribution in [0.4, 0.5) is 0 Å². The highest BCUT2D eigenvalue weighted by atomic mass is 16.5. The topological polar surface area (TPSA) is 30.5 Å². The lowest BCUT2D eigenvalue weighted by molar-refractivity contribution is 0.0228. The molecule has 1 unspecified atom stereocenters. The lowest BCUT2D eigenvalue weighted by Crippen LogP contribution is -2.38. The molecular formula is C17H27NO2. The summed E-state index contributed by atoms with van der Waals surface area (Å²) in [6.07, 6.45) is 3.40. The van der Waals surface area contributed by atoms with Crippen LogP contribution in [0.2, 0.25) is 0 Å². The van der Waals surface area contributed by atoms with E-state index in [0.717, 1.165) is 44.8 Å². The molecule has 0 radical (unpaired) electrons.